The van der Waals surface area contributed by atoms with Crippen LogP contribution in [0.15, 0.2) is 0 Å². The molecule has 0 bridgehead atoms. The Morgan fingerprint density at radius 3 is 2.88 bits per heavy atom. The summed E-state index contributed by atoms with van der Waals surface area (Å²) in [7, 11) is 3.74. The SMILES string of the molecule is CCC(C)N(C)CCNc1snc(N)c1OC. The highest BCUT2D eigenvalue weighted by molar-refractivity contribution is 7.11. The van der Waals surface area contributed by atoms with Crippen molar-refractivity contribution in [1.29, 1.82) is 0 Å². The molecule has 1 atom stereocenters. The number of methoxy groups -OCH3 is 1. The largest absolute Gasteiger partial charge is 0.490 e. The van der Waals surface area contributed by atoms with Crippen LogP contribution in [-0.4, -0.2) is 42.6 Å². The first-order valence-electron chi connectivity index (χ1n) is 5.83. The predicted molar refractivity (Wildman–Crippen MR) is 74.0 cm³/mol. The van der Waals surface area contributed by atoms with Crippen LogP contribution in [0.3, 0.4) is 0 Å². The minimum absolute atomic E-state index is 0.454. The first kappa shape index (κ1) is 14.1. The number of nitrogens with two attached hydrogens (primary N) is 1. The van der Waals surface area contributed by atoms with Crippen molar-refractivity contribution in [2.24, 2.45) is 0 Å². The molecule has 5 nitrogen and oxygen atoms in total. The lowest BCUT2D eigenvalue weighted by atomic mass is 10.2. The Hall–Kier alpha value is -1.01. The summed E-state index contributed by atoms with van der Waals surface area (Å²) in [5.41, 5.74) is 5.68. The molecule has 0 spiro atoms. The summed E-state index contributed by atoms with van der Waals surface area (Å²) in [5.74, 6) is 1.11. The Morgan fingerprint density at radius 2 is 2.29 bits per heavy atom. The summed E-state index contributed by atoms with van der Waals surface area (Å²) < 4.78 is 9.24. The van der Waals surface area contributed by atoms with Crippen molar-refractivity contribution in [1.82, 2.24) is 9.27 Å². The zero-order valence-electron chi connectivity index (χ0n) is 11.0. The molecule has 1 unspecified atom stereocenters. The third-order valence-corrected chi connectivity index (χ3v) is 3.77. The van der Waals surface area contributed by atoms with Gasteiger partial charge >= 0.3 is 0 Å². The van der Waals surface area contributed by atoms with Gasteiger partial charge in [-0.1, -0.05) is 6.92 Å². The van der Waals surface area contributed by atoms with Crippen LogP contribution in [-0.2, 0) is 0 Å². The van der Waals surface area contributed by atoms with E-state index in [4.69, 9.17) is 10.5 Å². The Kier molecular flexibility index (Phi) is 5.50. The number of nitrogens with one attached hydrogen (secondary N) is 1. The number of nitrogen functional groups attached to an aromatic ring is 1. The minimum atomic E-state index is 0.454. The molecule has 0 aromatic carbocycles. The van der Waals surface area contributed by atoms with E-state index in [0.717, 1.165) is 24.5 Å². The molecule has 0 amide bonds. The van der Waals surface area contributed by atoms with Gasteiger partial charge in [0.1, 0.15) is 0 Å². The van der Waals surface area contributed by atoms with Gasteiger partial charge in [0, 0.05) is 19.1 Å². The maximum atomic E-state index is 5.68. The van der Waals surface area contributed by atoms with Crippen molar-refractivity contribution < 1.29 is 4.74 Å². The van der Waals surface area contributed by atoms with Gasteiger partial charge < -0.3 is 20.7 Å². The molecule has 6 heteroatoms. The molecule has 0 aliphatic carbocycles. The van der Waals surface area contributed by atoms with Gasteiger partial charge in [-0.25, -0.2) is 0 Å². The summed E-state index contributed by atoms with van der Waals surface area (Å²) in [6.07, 6.45) is 1.16. The van der Waals surface area contributed by atoms with Crippen LogP contribution in [0.2, 0.25) is 0 Å². The van der Waals surface area contributed by atoms with E-state index in [1.54, 1.807) is 7.11 Å². The second-order valence-corrected chi connectivity index (χ2v) is 4.87. The van der Waals surface area contributed by atoms with Crippen LogP contribution < -0.4 is 15.8 Å². The van der Waals surface area contributed by atoms with Gasteiger partial charge in [0.2, 0.25) is 0 Å². The number of aromatic nitrogens is 1. The number of nitrogens with zero attached hydrogens (tertiary/aromatic N) is 2. The van der Waals surface area contributed by atoms with Crippen LogP contribution in [0.4, 0.5) is 10.8 Å². The van der Waals surface area contributed by atoms with Gasteiger partial charge in [-0.3, -0.25) is 0 Å². The minimum Gasteiger partial charge on any atom is -0.490 e. The van der Waals surface area contributed by atoms with Crippen molar-refractivity contribution in [3.63, 3.8) is 0 Å². The van der Waals surface area contributed by atoms with E-state index in [2.05, 4.69) is 35.5 Å². The van der Waals surface area contributed by atoms with E-state index in [1.807, 2.05) is 0 Å². The van der Waals surface area contributed by atoms with E-state index in [-0.39, 0.29) is 0 Å². The van der Waals surface area contributed by atoms with E-state index < -0.39 is 0 Å². The normalized spacial score (nSPS) is 12.8. The van der Waals surface area contributed by atoms with E-state index in [0.29, 0.717) is 17.6 Å². The third kappa shape index (κ3) is 3.74. The number of hydrogen-bond donors (Lipinski definition) is 2. The molecular formula is C11H22N4OS. The highest BCUT2D eigenvalue weighted by Crippen LogP contribution is 2.34. The van der Waals surface area contributed by atoms with Crippen LogP contribution in [0.5, 0.6) is 5.75 Å². The monoisotopic (exact) mass is 258 g/mol. The second kappa shape index (κ2) is 6.66. The van der Waals surface area contributed by atoms with Crippen LogP contribution in [0, 0.1) is 0 Å². The second-order valence-electron chi connectivity index (χ2n) is 4.09. The summed E-state index contributed by atoms with van der Waals surface area (Å²) in [4.78, 5) is 2.32. The Balaban J connectivity index is 2.40. The van der Waals surface area contributed by atoms with Crippen molar-refractivity contribution >= 4 is 22.4 Å². The summed E-state index contributed by atoms with van der Waals surface area (Å²) in [5, 5.41) is 4.21. The lowest BCUT2D eigenvalue weighted by Gasteiger charge is -2.23. The highest BCUT2D eigenvalue weighted by Gasteiger charge is 2.12. The summed E-state index contributed by atoms with van der Waals surface area (Å²) in [6.45, 7) is 6.27. The number of rotatable bonds is 7. The Bertz CT molecular complexity index is 342. The average molecular weight is 258 g/mol. The molecular weight excluding hydrogens is 236 g/mol. The van der Waals surface area contributed by atoms with Crippen molar-refractivity contribution in [2.45, 2.75) is 26.3 Å². The zero-order chi connectivity index (χ0) is 12.8. The maximum Gasteiger partial charge on any atom is 0.197 e. The Labute approximate surface area is 107 Å². The third-order valence-electron chi connectivity index (χ3n) is 2.97. The first-order valence-corrected chi connectivity index (χ1v) is 6.60. The predicted octanol–water partition coefficient (Wildman–Crippen LogP) is 1.88. The highest BCUT2D eigenvalue weighted by atomic mass is 32.1. The van der Waals surface area contributed by atoms with Gasteiger partial charge in [-0.2, -0.15) is 4.37 Å². The molecule has 0 saturated carbocycles. The molecule has 1 rings (SSSR count). The molecule has 0 aliphatic heterocycles. The van der Waals surface area contributed by atoms with Crippen LogP contribution in [0.25, 0.3) is 0 Å². The van der Waals surface area contributed by atoms with Crippen LogP contribution >= 0.6 is 11.5 Å². The molecule has 98 valence electrons. The summed E-state index contributed by atoms with van der Waals surface area (Å²) in [6, 6.07) is 0.602. The number of ether oxygens (including phenoxy) is 1. The molecule has 1 heterocycles. The zero-order valence-corrected chi connectivity index (χ0v) is 11.8. The van der Waals surface area contributed by atoms with E-state index >= 15 is 0 Å². The van der Waals surface area contributed by atoms with Gasteiger partial charge in [0.25, 0.3) is 0 Å². The fourth-order valence-corrected chi connectivity index (χ4v) is 2.19. The first-order chi connectivity index (χ1) is 8.10. The van der Waals surface area contributed by atoms with Gasteiger partial charge in [0.05, 0.1) is 7.11 Å². The van der Waals surface area contributed by atoms with E-state index in [1.165, 1.54) is 11.5 Å². The fourth-order valence-electron chi connectivity index (χ4n) is 1.48. The lowest BCUT2D eigenvalue weighted by Crippen LogP contribution is -2.32. The number of anilines is 2. The molecule has 0 saturated heterocycles. The topological polar surface area (TPSA) is 63.4 Å². The van der Waals surface area contributed by atoms with Gasteiger partial charge in [0.15, 0.2) is 16.6 Å². The number of hydrogen-bond acceptors (Lipinski definition) is 6. The standard InChI is InChI=1S/C11H22N4OS/c1-5-8(2)15(3)7-6-13-11-9(16-4)10(12)14-17-11/h8,13H,5-7H2,1-4H3,(H2,12,14). The van der Waals surface area contributed by atoms with Crippen molar-refractivity contribution in [3.05, 3.63) is 0 Å². The lowest BCUT2D eigenvalue weighted by molar-refractivity contribution is 0.261. The molecule has 1 aromatic rings. The molecule has 0 fully saturated rings. The van der Waals surface area contributed by atoms with Gasteiger partial charge in [-0.15, -0.1) is 0 Å². The van der Waals surface area contributed by atoms with Gasteiger partial charge in [-0.05, 0) is 31.9 Å². The number of likely N-dealkylation sites (N-methyl/N-ethyl adjacent to an activating group) is 1. The van der Waals surface area contributed by atoms with Crippen molar-refractivity contribution in [2.75, 3.05) is 38.3 Å². The van der Waals surface area contributed by atoms with Crippen molar-refractivity contribution in [3.8, 4) is 5.75 Å². The average Bonchev–Trinajstić information content (AvgIpc) is 2.68. The molecule has 0 aliphatic rings. The smallest absolute Gasteiger partial charge is 0.197 e. The molecule has 3 N–H and O–H groups in total. The molecule has 0 radical (unpaired) electrons. The molecule has 17 heavy (non-hydrogen) atoms. The fraction of sp³-hybridized carbons (Fsp3) is 0.727. The van der Waals surface area contributed by atoms with Crippen LogP contribution in [0.1, 0.15) is 20.3 Å². The maximum absolute atomic E-state index is 5.68. The van der Waals surface area contributed by atoms with E-state index in [9.17, 15) is 0 Å². The Morgan fingerprint density at radius 1 is 1.59 bits per heavy atom. The molecule has 1 aromatic heterocycles. The summed E-state index contributed by atoms with van der Waals surface area (Å²) >= 11 is 1.34. The quantitative estimate of drug-likeness (QED) is 0.782.